The van der Waals surface area contributed by atoms with Gasteiger partial charge in [-0.05, 0) is 18.6 Å². The van der Waals surface area contributed by atoms with Crippen LogP contribution in [-0.2, 0) is 5.75 Å². The maximum absolute atomic E-state index is 4.54. The Hall–Kier alpha value is -1.59. The minimum atomic E-state index is 0.765. The largest absolute Gasteiger partial charge is 0.258 e. The van der Waals surface area contributed by atoms with E-state index >= 15 is 0 Å². The van der Waals surface area contributed by atoms with Crippen LogP contribution in [0.25, 0.3) is 11.4 Å². The minimum Gasteiger partial charge on any atom is -0.258 e. The van der Waals surface area contributed by atoms with E-state index in [9.17, 15) is 0 Å². The molecule has 0 fully saturated rings. The molecule has 0 saturated heterocycles. The molecule has 0 saturated carbocycles. The molecule has 0 spiro atoms. The normalized spacial score (nSPS) is 10.8. The van der Waals surface area contributed by atoms with Crippen LogP contribution in [0.2, 0.25) is 0 Å². The standard InChI is InChI=1S/C16H14BrN3S/c1-11-6-8-12(9-7-11)15-18-16(20-19-15)21-10-13-4-2-3-5-14(13)17/h2-9H,10H2,1H3,(H,18,19,20). The van der Waals surface area contributed by atoms with Crippen molar-refractivity contribution in [2.75, 3.05) is 0 Å². The average Bonchev–Trinajstić information content (AvgIpc) is 2.96. The molecule has 21 heavy (non-hydrogen) atoms. The highest BCUT2D eigenvalue weighted by molar-refractivity contribution is 9.10. The van der Waals surface area contributed by atoms with Crippen LogP contribution in [-0.4, -0.2) is 15.2 Å². The van der Waals surface area contributed by atoms with Gasteiger partial charge in [-0.25, -0.2) is 4.98 Å². The first kappa shape index (κ1) is 14.4. The number of thioether (sulfide) groups is 1. The van der Waals surface area contributed by atoms with Gasteiger partial charge in [0.05, 0.1) is 0 Å². The topological polar surface area (TPSA) is 41.6 Å². The summed E-state index contributed by atoms with van der Waals surface area (Å²) < 4.78 is 1.12. The Morgan fingerprint density at radius 3 is 2.62 bits per heavy atom. The zero-order valence-electron chi connectivity index (χ0n) is 11.5. The lowest BCUT2D eigenvalue weighted by atomic mass is 10.1. The molecule has 0 amide bonds. The lowest BCUT2D eigenvalue weighted by Crippen LogP contribution is -1.83. The van der Waals surface area contributed by atoms with Crippen LogP contribution in [0.1, 0.15) is 11.1 Å². The second kappa shape index (κ2) is 6.45. The molecule has 3 aromatic rings. The third kappa shape index (κ3) is 3.54. The molecule has 5 heteroatoms. The molecular weight excluding hydrogens is 346 g/mol. The number of aromatic amines is 1. The highest BCUT2D eigenvalue weighted by Crippen LogP contribution is 2.26. The van der Waals surface area contributed by atoms with Gasteiger partial charge in [0.2, 0.25) is 5.16 Å². The summed E-state index contributed by atoms with van der Waals surface area (Å²) in [4.78, 5) is 4.54. The zero-order valence-corrected chi connectivity index (χ0v) is 13.9. The van der Waals surface area contributed by atoms with Gasteiger partial charge < -0.3 is 0 Å². The third-order valence-corrected chi connectivity index (χ3v) is 4.77. The van der Waals surface area contributed by atoms with Crippen molar-refractivity contribution in [3.63, 3.8) is 0 Å². The summed E-state index contributed by atoms with van der Waals surface area (Å²) in [7, 11) is 0. The number of hydrogen-bond donors (Lipinski definition) is 1. The summed E-state index contributed by atoms with van der Waals surface area (Å²) in [5.41, 5.74) is 3.53. The number of aromatic nitrogens is 3. The second-order valence-corrected chi connectivity index (χ2v) is 6.51. The van der Waals surface area contributed by atoms with E-state index in [1.165, 1.54) is 11.1 Å². The third-order valence-electron chi connectivity index (χ3n) is 3.10. The second-order valence-electron chi connectivity index (χ2n) is 4.71. The van der Waals surface area contributed by atoms with E-state index in [2.05, 4.69) is 68.4 Å². The number of aryl methyl sites for hydroxylation is 1. The van der Waals surface area contributed by atoms with Gasteiger partial charge in [-0.15, -0.1) is 5.10 Å². The van der Waals surface area contributed by atoms with E-state index in [1.54, 1.807) is 11.8 Å². The SMILES string of the molecule is Cc1ccc(-c2nc(SCc3ccccc3Br)n[nH]2)cc1. The number of nitrogens with zero attached hydrogens (tertiary/aromatic N) is 2. The van der Waals surface area contributed by atoms with E-state index in [0.717, 1.165) is 26.8 Å². The summed E-state index contributed by atoms with van der Waals surface area (Å²) in [5.74, 6) is 1.65. The van der Waals surface area contributed by atoms with Crippen molar-refractivity contribution in [3.05, 3.63) is 64.1 Å². The molecule has 0 atom stereocenters. The molecule has 106 valence electrons. The Kier molecular flexibility index (Phi) is 4.41. The quantitative estimate of drug-likeness (QED) is 0.678. The molecule has 1 aromatic heterocycles. The average molecular weight is 360 g/mol. The molecule has 2 aromatic carbocycles. The molecule has 1 heterocycles. The first-order valence-electron chi connectivity index (χ1n) is 6.58. The molecule has 3 nitrogen and oxygen atoms in total. The van der Waals surface area contributed by atoms with Gasteiger partial charge in [-0.1, -0.05) is 75.7 Å². The number of nitrogens with one attached hydrogen (secondary N) is 1. The Bertz CT molecular complexity index is 737. The fraction of sp³-hybridized carbons (Fsp3) is 0.125. The van der Waals surface area contributed by atoms with Gasteiger partial charge in [-0.3, -0.25) is 5.10 Å². The molecule has 0 aliphatic carbocycles. The van der Waals surface area contributed by atoms with Gasteiger partial charge in [0.15, 0.2) is 5.82 Å². The van der Waals surface area contributed by atoms with Gasteiger partial charge in [0, 0.05) is 15.8 Å². The minimum absolute atomic E-state index is 0.765. The van der Waals surface area contributed by atoms with Gasteiger partial charge in [-0.2, -0.15) is 0 Å². The summed E-state index contributed by atoms with van der Waals surface area (Å²) in [6.07, 6.45) is 0. The van der Waals surface area contributed by atoms with E-state index in [4.69, 9.17) is 0 Å². The van der Waals surface area contributed by atoms with Crippen LogP contribution in [0.4, 0.5) is 0 Å². The van der Waals surface area contributed by atoms with Gasteiger partial charge in [0.1, 0.15) is 0 Å². The van der Waals surface area contributed by atoms with Crippen molar-refractivity contribution in [2.45, 2.75) is 17.8 Å². The van der Waals surface area contributed by atoms with Crippen LogP contribution < -0.4 is 0 Å². The predicted octanol–water partition coefficient (Wildman–Crippen LogP) is 4.83. The number of rotatable bonds is 4. The Morgan fingerprint density at radius 1 is 1.10 bits per heavy atom. The molecule has 0 radical (unpaired) electrons. The molecule has 0 unspecified atom stereocenters. The number of hydrogen-bond acceptors (Lipinski definition) is 3. The van der Waals surface area contributed by atoms with Gasteiger partial charge >= 0.3 is 0 Å². The van der Waals surface area contributed by atoms with E-state index in [1.807, 2.05) is 18.2 Å². The Balaban J connectivity index is 1.71. The number of H-pyrrole nitrogens is 1. The zero-order chi connectivity index (χ0) is 14.7. The maximum Gasteiger partial charge on any atom is 0.209 e. The monoisotopic (exact) mass is 359 g/mol. The van der Waals surface area contributed by atoms with E-state index in [-0.39, 0.29) is 0 Å². The maximum atomic E-state index is 4.54. The van der Waals surface area contributed by atoms with Crippen molar-refractivity contribution >= 4 is 27.7 Å². The van der Waals surface area contributed by atoms with Crippen LogP contribution in [0, 0.1) is 6.92 Å². The fourth-order valence-electron chi connectivity index (χ4n) is 1.91. The Labute approximate surface area is 136 Å². The lowest BCUT2D eigenvalue weighted by Gasteiger charge is -2.01. The molecule has 0 bridgehead atoms. The lowest BCUT2D eigenvalue weighted by molar-refractivity contribution is 0.973. The Morgan fingerprint density at radius 2 is 1.86 bits per heavy atom. The van der Waals surface area contributed by atoms with Crippen LogP contribution >= 0.6 is 27.7 Å². The first-order valence-corrected chi connectivity index (χ1v) is 8.36. The fourth-order valence-corrected chi connectivity index (χ4v) is 3.32. The van der Waals surface area contributed by atoms with Crippen LogP contribution in [0.5, 0.6) is 0 Å². The van der Waals surface area contributed by atoms with Crippen molar-refractivity contribution in [3.8, 4) is 11.4 Å². The summed E-state index contributed by atoms with van der Waals surface area (Å²) in [6.45, 7) is 2.07. The smallest absolute Gasteiger partial charge is 0.209 e. The van der Waals surface area contributed by atoms with Gasteiger partial charge in [0.25, 0.3) is 0 Å². The molecule has 1 N–H and O–H groups in total. The summed E-state index contributed by atoms with van der Waals surface area (Å²) in [6, 6.07) is 16.5. The number of halogens is 1. The van der Waals surface area contributed by atoms with E-state index < -0.39 is 0 Å². The highest BCUT2D eigenvalue weighted by atomic mass is 79.9. The molecule has 0 aliphatic heterocycles. The van der Waals surface area contributed by atoms with Crippen molar-refractivity contribution in [1.82, 2.24) is 15.2 Å². The molecular formula is C16H14BrN3S. The molecule has 0 aliphatic rings. The first-order chi connectivity index (χ1) is 10.2. The highest BCUT2D eigenvalue weighted by Gasteiger charge is 2.07. The molecule has 3 rings (SSSR count). The predicted molar refractivity (Wildman–Crippen MR) is 90.3 cm³/mol. The van der Waals surface area contributed by atoms with Crippen molar-refractivity contribution < 1.29 is 0 Å². The van der Waals surface area contributed by atoms with Crippen LogP contribution in [0.3, 0.4) is 0 Å². The van der Waals surface area contributed by atoms with Crippen molar-refractivity contribution in [2.24, 2.45) is 0 Å². The van der Waals surface area contributed by atoms with Crippen LogP contribution in [0.15, 0.2) is 58.2 Å². The van der Waals surface area contributed by atoms with E-state index in [0.29, 0.717) is 0 Å². The number of benzene rings is 2. The summed E-state index contributed by atoms with van der Waals surface area (Å²) >= 11 is 5.18. The van der Waals surface area contributed by atoms with Crippen molar-refractivity contribution in [1.29, 1.82) is 0 Å². The summed E-state index contributed by atoms with van der Waals surface area (Å²) in [5, 5.41) is 8.04.